The van der Waals surface area contributed by atoms with E-state index < -0.39 is 0 Å². The van der Waals surface area contributed by atoms with Crippen LogP contribution < -0.4 is 4.74 Å². The van der Waals surface area contributed by atoms with Gasteiger partial charge in [0.1, 0.15) is 5.75 Å². The molecule has 0 aromatic heterocycles. The van der Waals surface area contributed by atoms with Gasteiger partial charge < -0.3 is 4.74 Å². The minimum absolute atomic E-state index is 0.0941. The van der Waals surface area contributed by atoms with Crippen LogP contribution in [-0.2, 0) is 10.2 Å². The van der Waals surface area contributed by atoms with Gasteiger partial charge in [-0.05, 0) is 32.8 Å². The molecule has 1 aliphatic heterocycles. The van der Waals surface area contributed by atoms with Crippen LogP contribution in [0.15, 0.2) is 35.9 Å². The standard InChI is InChI=1S/C16H20O2/c1-4-16(10-9-12(2)3)11-15(17)18-14-8-6-5-7-13(14)16/h5-9H,4,10-11H2,1-3H3. The first-order valence-electron chi connectivity index (χ1n) is 6.51. The van der Waals surface area contributed by atoms with Gasteiger partial charge in [0.15, 0.2) is 0 Å². The summed E-state index contributed by atoms with van der Waals surface area (Å²) >= 11 is 0. The largest absolute Gasteiger partial charge is 0.426 e. The van der Waals surface area contributed by atoms with E-state index in [1.807, 2.05) is 18.2 Å². The van der Waals surface area contributed by atoms with Gasteiger partial charge in [0.05, 0.1) is 6.42 Å². The Morgan fingerprint density at radius 1 is 1.39 bits per heavy atom. The lowest BCUT2D eigenvalue weighted by molar-refractivity contribution is -0.137. The van der Waals surface area contributed by atoms with Crippen LogP contribution >= 0.6 is 0 Å². The van der Waals surface area contributed by atoms with Crippen molar-refractivity contribution in [1.29, 1.82) is 0 Å². The molecule has 0 saturated carbocycles. The summed E-state index contributed by atoms with van der Waals surface area (Å²) in [7, 11) is 0. The van der Waals surface area contributed by atoms with Gasteiger partial charge >= 0.3 is 5.97 Å². The van der Waals surface area contributed by atoms with E-state index in [4.69, 9.17) is 4.74 Å². The lowest BCUT2D eigenvalue weighted by Gasteiger charge is -2.36. The molecule has 0 aliphatic carbocycles. The van der Waals surface area contributed by atoms with Crippen molar-refractivity contribution in [1.82, 2.24) is 0 Å². The third kappa shape index (κ3) is 2.33. The number of para-hydroxylation sites is 1. The Morgan fingerprint density at radius 3 is 2.78 bits per heavy atom. The summed E-state index contributed by atoms with van der Waals surface area (Å²) in [5.41, 5.74) is 2.37. The molecular formula is C16H20O2. The predicted octanol–water partition coefficient (Wildman–Crippen LogP) is 4.00. The highest BCUT2D eigenvalue weighted by molar-refractivity contribution is 5.77. The van der Waals surface area contributed by atoms with Crippen molar-refractivity contribution in [2.75, 3.05) is 0 Å². The van der Waals surface area contributed by atoms with Gasteiger partial charge in [-0.3, -0.25) is 4.79 Å². The first kappa shape index (κ1) is 12.9. The van der Waals surface area contributed by atoms with E-state index in [0.717, 1.165) is 18.6 Å². The van der Waals surface area contributed by atoms with E-state index in [-0.39, 0.29) is 11.4 Å². The molecular weight excluding hydrogens is 224 g/mol. The van der Waals surface area contributed by atoms with Crippen molar-refractivity contribution in [3.8, 4) is 5.75 Å². The number of carbonyl (C=O) groups is 1. The molecule has 0 saturated heterocycles. The summed E-state index contributed by atoms with van der Waals surface area (Å²) in [6.07, 6.45) is 4.55. The van der Waals surface area contributed by atoms with Crippen LogP contribution in [0.25, 0.3) is 0 Å². The summed E-state index contributed by atoms with van der Waals surface area (Å²) in [6, 6.07) is 7.91. The molecule has 1 aliphatic rings. The number of benzene rings is 1. The molecule has 0 fully saturated rings. The van der Waals surface area contributed by atoms with Gasteiger partial charge in [-0.2, -0.15) is 0 Å². The topological polar surface area (TPSA) is 26.3 Å². The van der Waals surface area contributed by atoms with Crippen molar-refractivity contribution in [2.24, 2.45) is 0 Å². The van der Waals surface area contributed by atoms with Crippen molar-refractivity contribution in [3.05, 3.63) is 41.5 Å². The zero-order valence-corrected chi connectivity index (χ0v) is 11.3. The predicted molar refractivity (Wildman–Crippen MR) is 72.7 cm³/mol. The van der Waals surface area contributed by atoms with Crippen LogP contribution in [0.2, 0.25) is 0 Å². The lowest BCUT2D eigenvalue weighted by atomic mass is 9.71. The molecule has 0 spiro atoms. The summed E-state index contributed by atoms with van der Waals surface area (Å²) in [4.78, 5) is 11.8. The second kappa shape index (κ2) is 4.97. The van der Waals surface area contributed by atoms with E-state index in [9.17, 15) is 4.79 Å². The molecule has 1 atom stereocenters. The first-order valence-corrected chi connectivity index (χ1v) is 6.51. The van der Waals surface area contributed by atoms with Crippen LogP contribution in [0.5, 0.6) is 5.75 Å². The average Bonchev–Trinajstić information content (AvgIpc) is 2.35. The molecule has 18 heavy (non-hydrogen) atoms. The Morgan fingerprint density at radius 2 is 2.11 bits per heavy atom. The van der Waals surface area contributed by atoms with Gasteiger partial charge in [0, 0.05) is 11.0 Å². The maximum atomic E-state index is 11.8. The molecule has 0 radical (unpaired) electrons. The fourth-order valence-electron chi connectivity index (χ4n) is 2.57. The Balaban J connectivity index is 2.46. The Bertz CT molecular complexity index is 484. The van der Waals surface area contributed by atoms with Crippen LogP contribution in [-0.4, -0.2) is 5.97 Å². The highest BCUT2D eigenvalue weighted by Crippen LogP contribution is 2.44. The van der Waals surface area contributed by atoms with Crippen molar-refractivity contribution >= 4 is 5.97 Å². The molecule has 2 rings (SSSR count). The first-order chi connectivity index (χ1) is 8.57. The van der Waals surface area contributed by atoms with E-state index in [0.29, 0.717) is 6.42 Å². The fraction of sp³-hybridized carbons (Fsp3) is 0.438. The molecule has 2 heteroatoms. The molecule has 1 unspecified atom stereocenters. The number of carbonyl (C=O) groups excluding carboxylic acids is 1. The van der Waals surface area contributed by atoms with Gasteiger partial charge in [-0.25, -0.2) is 0 Å². The zero-order chi connectivity index (χ0) is 13.2. The monoisotopic (exact) mass is 244 g/mol. The van der Waals surface area contributed by atoms with Crippen LogP contribution in [0.4, 0.5) is 0 Å². The van der Waals surface area contributed by atoms with Crippen molar-refractivity contribution < 1.29 is 9.53 Å². The van der Waals surface area contributed by atoms with Gasteiger partial charge in [0.25, 0.3) is 0 Å². The Hall–Kier alpha value is -1.57. The number of rotatable bonds is 3. The minimum Gasteiger partial charge on any atom is -0.426 e. The van der Waals surface area contributed by atoms with E-state index >= 15 is 0 Å². The summed E-state index contributed by atoms with van der Waals surface area (Å²) in [5, 5.41) is 0. The van der Waals surface area contributed by atoms with E-state index in [1.54, 1.807) is 0 Å². The van der Waals surface area contributed by atoms with Gasteiger partial charge in [-0.15, -0.1) is 0 Å². The number of esters is 1. The molecule has 1 aromatic carbocycles. The number of fused-ring (bicyclic) bond motifs is 1. The van der Waals surface area contributed by atoms with E-state index in [1.165, 1.54) is 11.1 Å². The minimum atomic E-state index is -0.113. The van der Waals surface area contributed by atoms with Gasteiger partial charge in [-0.1, -0.05) is 36.8 Å². The van der Waals surface area contributed by atoms with Crippen molar-refractivity contribution in [2.45, 2.75) is 45.4 Å². The Kier molecular flexibility index (Phi) is 3.55. The van der Waals surface area contributed by atoms with E-state index in [2.05, 4.69) is 32.9 Å². The second-order valence-corrected chi connectivity index (χ2v) is 5.27. The lowest BCUT2D eigenvalue weighted by Crippen LogP contribution is -2.35. The molecule has 2 nitrogen and oxygen atoms in total. The normalized spacial score (nSPS) is 22.1. The molecule has 1 aromatic rings. The SMILES string of the molecule is CCC1(CC=C(C)C)CC(=O)Oc2ccccc21. The average molecular weight is 244 g/mol. The van der Waals surface area contributed by atoms with Crippen LogP contribution in [0.3, 0.4) is 0 Å². The summed E-state index contributed by atoms with van der Waals surface area (Å²) in [6.45, 7) is 6.33. The quantitative estimate of drug-likeness (QED) is 0.456. The van der Waals surface area contributed by atoms with Gasteiger partial charge in [0.2, 0.25) is 0 Å². The number of allylic oxidation sites excluding steroid dienone is 2. The van der Waals surface area contributed by atoms with Crippen LogP contribution in [0.1, 0.15) is 45.6 Å². The molecule has 0 bridgehead atoms. The summed E-state index contributed by atoms with van der Waals surface area (Å²) in [5.74, 6) is 0.621. The number of hydrogen-bond acceptors (Lipinski definition) is 2. The molecule has 96 valence electrons. The zero-order valence-electron chi connectivity index (χ0n) is 11.3. The summed E-state index contributed by atoms with van der Waals surface area (Å²) < 4.78 is 5.34. The number of ether oxygens (including phenoxy) is 1. The molecule has 1 heterocycles. The van der Waals surface area contributed by atoms with Crippen molar-refractivity contribution in [3.63, 3.8) is 0 Å². The number of hydrogen-bond donors (Lipinski definition) is 0. The molecule has 0 N–H and O–H groups in total. The maximum Gasteiger partial charge on any atom is 0.312 e. The second-order valence-electron chi connectivity index (χ2n) is 5.27. The highest BCUT2D eigenvalue weighted by atomic mass is 16.5. The molecule has 0 amide bonds. The maximum absolute atomic E-state index is 11.8. The highest BCUT2D eigenvalue weighted by Gasteiger charge is 2.39. The fourth-order valence-corrected chi connectivity index (χ4v) is 2.57. The smallest absolute Gasteiger partial charge is 0.312 e. The third-order valence-electron chi connectivity index (χ3n) is 3.74. The Labute approximate surface area is 109 Å². The third-order valence-corrected chi connectivity index (χ3v) is 3.74. The van der Waals surface area contributed by atoms with Crippen LogP contribution in [0, 0.1) is 0 Å².